The maximum Gasteiger partial charge on any atom is 0.251 e. The molecule has 0 bridgehead atoms. The van der Waals surface area contributed by atoms with E-state index in [1.54, 1.807) is 12.1 Å². The van der Waals surface area contributed by atoms with Gasteiger partial charge in [-0.15, -0.1) is 0 Å². The molecule has 1 fully saturated rings. The van der Waals surface area contributed by atoms with Crippen LogP contribution in [0.4, 0.5) is 0 Å². The van der Waals surface area contributed by atoms with Gasteiger partial charge in [0.2, 0.25) is 5.91 Å². The number of fused-ring (bicyclic) bond motifs is 3. The van der Waals surface area contributed by atoms with Crippen LogP contribution in [-0.4, -0.2) is 35.8 Å². The van der Waals surface area contributed by atoms with E-state index >= 15 is 0 Å². The zero-order valence-corrected chi connectivity index (χ0v) is 14.1. The molecule has 1 aliphatic rings. The van der Waals surface area contributed by atoms with E-state index in [-0.39, 0.29) is 24.4 Å². The topological polar surface area (TPSA) is 62.6 Å². The fourth-order valence-electron chi connectivity index (χ4n) is 3.53. The summed E-state index contributed by atoms with van der Waals surface area (Å²) in [7, 11) is 0. The SMILES string of the molecule is CC1CCCN1C(=O)CNC(=O)c1ccc2oc3ccccc3c2c1. The molecule has 2 aromatic carbocycles. The lowest BCUT2D eigenvalue weighted by atomic mass is 10.1. The highest BCUT2D eigenvalue weighted by molar-refractivity contribution is 6.08. The minimum atomic E-state index is -0.243. The second kappa shape index (κ2) is 6.24. The minimum Gasteiger partial charge on any atom is -0.456 e. The van der Waals surface area contributed by atoms with Gasteiger partial charge in [-0.25, -0.2) is 0 Å². The molecule has 3 aromatic rings. The van der Waals surface area contributed by atoms with Gasteiger partial charge in [0.05, 0.1) is 6.54 Å². The largest absolute Gasteiger partial charge is 0.456 e. The molecule has 1 saturated heterocycles. The molecular weight excluding hydrogens is 316 g/mol. The standard InChI is InChI=1S/C20H20N2O3/c1-13-5-4-10-22(13)19(23)12-21-20(24)14-8-9-18-16(11-14)15-6-2-3-7-17(15)25-18/h2-3,6-9,11,13H,4-5,10,12H2,1H3,(H,21,24). The van der Waals surface area contributed by atoms with E-state index in [0.29, 0.717) is 5.56 Å². The van der Waals surface area contributed by atoms with Crippen LogP contribution in [0.2, 0.25) is 0 Å². The Hall–Kier alpha value is -2.82. The number of rotatable bonds is 3. The number of furan rings is 1. The molecule has 5 heteroatoms. The molecule has 0 spiro atoms. The van der Waals surface area contributed by atoms with E-state index < -0.39 is 0 Å². The quantitative estimate of drug-likeness (QED) is 0.798. The monoisotopic (exact) mass is 336 g/mol. The van der Waals surface area contributed by atoms with Crippen molar-refractivity contribution in [3.05, 3.63) is 48.0 Å². The molecule has 0 saturated carbocycles. The van der Waals surface area contributed by atoms with Crippen LogP contribution in [0, 0.1) is 0 Å². The fraction of sp³-hybridized carbons (Fsp3) is 0.300. The summed E-state index contributed by atoms with van der Waals surface area (Å²) in [5, 5.41) is 4.63. The number of carbonyl (C=O) groups excluding carboxylic acids is 2. The van der Waals surface area contributed by atoms with Gasteiger partial charge in [-0.2, -0.15) is 0 Å². The Balaban J connectivity index is 1.52. The van der Waals surface area contributed by atoms with Crippen molar-refractivity contribution in [2.24, 2.45) is 0 Å². The fourth-order valence-corrected chi connectivity index (χ4v) is 3.53. The van der Waals surface area contributed by atoms with Crippen molar-refractivity contribution in [3.8, 4) is 0 Å². The molecule has 4 rings (SSSR count). The lowest BCUT2D eigenvalue weighted by molar-refractivity contribution is -0.130. The number of benzene rings is 2. The normalized spacial score (nSPS) is 17.3. The summed E-state index contributed by atoms with van der Waals surface area (Å²) in [6.07, 6.45) is 2.06. The number of hydrogen-bond acceptors (Lipinski definition) is 3. The van der Waals surface area contributed by atoms with E-state index in [4.69, 9.17) is 4.42 Å². The van der Waals surface area contributed by atoms with Crippen LogP contribution in [0.1, 0.15) is 30.1 Å². The lowest BCUT2D eigenvalue weighted by Crippen LogP contribution is -2.41. The summed E-state index contributed by atoms with van der Waals surface area (Å²) >= 11 is 0. The molecule has 2 heterocycles. The molecule has 1 unspecified atom stereocenters. The van der Waals surface area contributed by atoms with Gasteiger partial charge in [-0.1, -0.05) is 18.2 Å². The smallest absolute Gasteiger partial charge is 0.251 e. The van der Waals surface area contributed by atoms with Gasteiger partial charge in [0.25, 0.3) is 5.91 Å². The summed E-state index contributed by atoms with van der Waals surface area (Å²) in [5.74, 6) is -0.263. The summed E-state index contributed by atoms with van der Waals surface area (Å²) in [6, 6.07) is 13.4. The van der Waals surface area contributed by atoms with Gasteiger partial charge in [0, 0.05) is 28.9 Å². The third-order valence-corrected chi connectivity index (χ3v) is 4.91. The van der Waals surface area contributed by atoms with Crippen molar-refractivity contribution in [2.75, 3.05) is 13.1 Å². The number of nitrogens with zero attached hydrogens (tertiary/aromatic N) is 1. The van der Waals surface area contributed by atoms with E-state index in [2.05, 4.69) is 5.32 Å². The number of likely N-dealkylation sites (tertiary alicyclic amines) is 1. The van der Waals surface area contributed by atoms with Gasteiger partial charge >= 0.3 is 0 Å². The van der Waals surface area contributed by atoms with Crippen molar-refractivity contribution in [1.29, 1.82) is 0 Å². The average molecular weight is 336 g/mol. The third-order valence-electron chi connectivity index (χ3n) is 4.91. The zero-order valence-electron chi connectivity index (χ0n) is 14.1. The lowest BCUT2D eigenvalue weighted by Gasteiger charge is -2.21. The van der Waals surface area contributed by atoms with E-state index in [1.165, 1.54) is 0 Å². The summed E-state index contributed by atoms with van der Waals surface area (Å²) in [6.45, 7) is 2.86. The molecule has 5 nitrogen and oxygen atoms in total. The predicted octanol–water partition coefficient (Wildman–Crippen LogP) is 3.33. The number of nitrogens with one attached hydrogen (secondary N) is 1. The van der Waals surface area contributed by atoms with Crippen LogP contribution >= 0.6 is 0 Å². The first-order chi connectivity index (χ1) is 12.1. The molecule has 1 aliphatic heterocycles. The first kappa shape index (κ1) is 15.7. The molecule has 2 amide bonds. The van der Waals surface area contributed by atoms with E-state index in [9.17, 15) is 9.59 Å². The van der Waals surface area contributed by atoms with E-state index in [0.717, 1.165) is 41.3 Å². The Bertz CT molecular complexity index is 960. The van der Waals surface area contributed by atoms with Crippen molar-refractivity contribution in [1.82, 2.24) is 10.2 Å². The van der Waals surface area contributed by atoms with Crippen LogP contribution in [0.15, 0.2) is 46.9 Å². The molecule has 25 heavy (non-hydrogen) atoms. The Morgan fingerprint density at radius 3 is 2.76 bits per heavy atom. The van der Waals surface area contributed by atoms with Crippen LogP contribution in [-0.2, 0) is 4.79 Å². The Morgan fingerprint density at radius 1 is 1.16 bits per heavy atom. The molecular formula is C20H20N2O3. The molecule has 128 valence electrons. The van der Waals surface area contributed by atoms with Crippen molar-refractivity contribution in [2.45, 2.75) is 25.8 Å². The van der Waals surface area contributed by atoms with Crippen molar-refractivity contribution in [3.63, 3.8) is 0 Å². The first-order valence-corrected chi connectivity index (χ1v) is 8.62. The molecule has 1 N–H and O–H groups in total. The first-order valence-electron chi connectivity index (χ1n) is 8.62. The highest BCUT2D eigenvalue weighted by Gasteiger charge is 2.25. The van der Waals surface area contributed by atoms with Crippen LogP contribution < -0.4 is 5.32 Å². The Labute approximate surface area is 145 Å². The second-order valence-electron chi connectivity index (χ2n) is 6.57. The van der Waals surface area contributed by atoms with Crippen LogP contribution in [0.5, 0.6) is 0 Å². The van der Waals surface area contributed by atoms with Gasteiger partial charge in [0.15, 0.2) is 0 Å². The summed E-state index contributed by atoms with van der Waals surface area (Å²) < 4.78 is 5.77. The molecule has 0 aliphatic carbocycles. The maximum absolute atomic E-state index is 12.4. The van der Waals surface area contributed by atoms with Crippen LogP contribution in [0.25, 0.3) is 21.9 Å². The van der Waals surface area contributed by atoms with Gasteiger partial charge < -0.3 is 14.6 Å². The maximum atomic E-state index is 12.4. The van der Waals surface area contributed by atoms with Crippen LogP contribution in [0.3, 0.4) is 0 Å². The van der Waals surface area contributed by atoms with Gasteiger partial charge in [-0.3, -0.25) is 9.59 Å². The Morgan fingerprint density at radius 2 is 1.96 bits per heavy atom. The average Bonchev–Trinajstić information content (AvgIpc) is 3.22. The number of amides is 2. The highest BCUT2D eigenvalue weighted by Crippen LogP contribution is 2.29. The van der Waals surface area contributed by atoms with Crippen molar-refractivity contribution >= 4 is 33.8 Å². The Kier molecular flexibility index (Phi) is 3.92. The van der Waals surface area contributed by atoms with E-state index in [1.807, 2.05) is 42.2 Å². The molecule has 0 radical (unpaired) electrons. The highest BCUT2D eigenvalue weighted by atomic mass is 16.3. The summed E-state index contributed by atoms with van der Waals surface area (Å²) in [5.41, 5.74) is 2.08. The number of hydrogen-bond donors (Lipinski definition) is 1. The van der Waals surface area contributed by atoms with Crippen molar-refractivity contribution < 1.29 is 14.0 Å². The predicted molar refractivity (Wildman–Crippen MR) is 96.5 cm³/mol. The zero-order chi connectivity index (χ0) is 17.4. The number of carbonyl (C=O) groups is 2. The molecule has 1 aromatic heterocycles. The van der Waals surface area contributed by atoms with Gasteiger partial charge in [-0.05, 0) is 44.0 Å². The third kappa shape index (κ3) is 2.86. The summed E-state index contributed by atoms with van der Waals surface area (Å²) in [4.78, 5) is 26.5. The second-order valence-corrected chi connectivity index (χ2v) is 6.57. The van der Waals surface area contributed by atoms with Gasteiger partial charge in [0.1, 0.15) is 11.2 Å². The number of para-hydroxylation sites is 1. The minimum absolute atomic E-state index is 0.0202. The molecule has 1 atom stereocenters.